The van der Waals surface area contributed by atoms with Crippen LogP contribution in [0.3, 0.4) is 0 Å². The van der Waals surface area contributed by atoms with E-state index in [9.17, 15) is 13.6 Å². The third-order valence-corrected chi connectivity index (χ3v) is 5.24. The van der Waals surface area contributed by atoms with Crippen LogP contribution in [0.4, 0.5) is 14.5 Å². The lowest BCUT2D eigenvalue weighted by molar-refractivity contribution is -0.121. The molecule has 0 aliphatic carbocycles. The van der Waals surface area contributed by atoms with Gasteiger partial charge in [-0.15, -0.1) is 0 Å². The number of carbonyl (C=O) groups is 1. The van der Waals surface area contributed by atoms with Gasteiger partial charge in [0.1, 0.15) is 11.6 Å². The fourth-order valence-corrected chi connectivity index (χ4v) is 4.11. The maximum atomic E-state index is 14.4. The van der Waals surface area contributed by atoms with E-state index in [0.29, 0.717) is 29.8 Å². The topological polar surface area (TPSA) is 41.1 Å². The molecule has 2 atom stereocenters. The van der Waals surface area contributed by atoms with Gasteiger partial charge in [0, 0.05) is 15.7 Å². The van der Waals surface area contributed by atoms with Crippen molar-refractivity contribution in [2.75, 3.05) is 11.9 Å². The average molecular weight is 379 g/mol. The Morgan fingerprint density at radius 3 is 2.83 bits per heavy atom. The van der Waals surface area contributed by atoms with Crippen molar-refractivity contribution in [1.82, 2.24) is 5.32 Å². The zero-order valence-corrected chi connectivity index (χ0v) is 13.6. The number of carbonyl (C=O) groups excluding carboxylic acids is 1. The molecule has 0 radical (unpaired) electrons. The highest BCUT2D eigenvalue weighted by molar-refractivity contribution is 9.10. The van der Waals surface area contributed by atoms with Crippen LogP contribution in [0.2, 0.25) is 0 Å². The highest BCUT2D eigenvalue weighted by atomic mass is 79.9. The second-order valence-corrected chi connectivity index (χ2v) is 6.83. The van der Waals surface area contributed by atoms with Crippen LogP contribution in [0, 0.1) is 11.6 Å². The van der Waals surface area contributed by atoms with Crippen LogP contribution in [0.15, 0.2) is 40.9 Å². The molecule has 2 N–H and O–H groups in total. The molecule has 2 aromatic carbocycles. The van der Waals surface area contributed by atoms with Gasteiger partial charge in [-0.2, -0.15) is 0 Å². The van der Waals surface area contributed by atoms with Gasteiger partial charge in [0.05, 0.1) is 11.5 Å². The lowest BCUT2D eigenvalue weighted by Gasteiger charge is -2.29. The zero-order valence-electron chi connectivity index (χ0n) is 12.0. The molecule has 3 nitrogen and oxygen atoms in total. The molecule has 0 bridgehead atoms. The maximum Gasteiger partial charge on any atom is 0.237 e. The summed E-state index contributed by atoms with van der Waals surface area (Å²) in [6.07, 6.45) is 0.492. The van der Waals surface area contributed by atoms with Crippen molar-refractivity contribution in [3.05, 3.63) is 63.6 Å². The highest BCUT2D eigenvalue weighted by Crippen LogP contribution is 2.51. The fraction of sp³-hybridized carbons (Fsp3) is 0.235. The first-order valence-corrected chi connectivity index (χ1v) is 8.11. The standard InChI is InChI=1S/C17H13BrF2N2O/c18-9-1-3-13(20)11(7-9)15-17(5-6-21-15)12-8-10(19)2-4-14(12)22-16(17)23/h1-4,7-8,15,21H,5-6H2,(H,22,23)/t15-,17-/m0/s1. The van der Waals surface area contributed by atoms with Gasteiger partial charge in [-0.25, -0.2) is 8.78 Å². The third-order valence-electron chi connectivity index (χ3n) is 4.75. The Labute approximate surface area is 140 Å². The van der Waals surface area contributed by atoms with E-state index in [0.717, 1.165) is 4.47 Å². The van der Waals surface area contributed by atoms with Gasteiger partial charge in [-0.1, -0.05) is 15.9 Å². The molecule has 4 rings (SSSR count). The van der Waals surface area contributed by atoms with Crippen molar-refractivity contribution < 1.29 is 13.6 Å². The quantitative estimate of drug-likeness (QED) is 0.794. The summed E-state index contributed by atoms with van der Waals surface area (Å²) in [6, 6.07) is 8.37. The van der Waals surface area contributed by atoms with Crippen molar-refractivity contribution in [3.8, 4) is 0 Å². The molecule has 1 spiro atoms. The summed E-state index contributed by atoms with van der Waals surface area (Å²) in [6.45, 7) is 0.556. The maximum absolute atomic E-state index is 14.4. The number of fused-ring (bicyclic) bond motifs is 2. The van der Waals surface area contributed by atoms with Gasteiger partial charge in [0.25, 0.3) is 0 Å². The second-order valence-electron chi connectivity index (χ2n) is 5.92. The molecule has 2 aromatic rings. The fourth-order valence-electron chi connectivity index (χ4n) is 3.73. The van der Waals surface area contributed by atoms with Crippen molar-refractivity contribution in [3.63, 3.8) is 0 Å². The molecule has 1 amide bonds. The van der Waals surface area contributed by atoms with Crippen molar-refractivity contribution in [2.45, 2.75) is 17.9 Å². The molecule has 2 heterocycles. The molecule has 0 unspecified atom stereocenters. The van der Waals surface area contributed by atoms with Gasteiger partial charge in [0.15, 0.2) is 0 Å². The van der Waals surface area contributed by atoms with E-state index < -0.39 is 17.3 Å². The number of nitrogens with one attached hydrogen (secondary N) is 2. The first kappa shape index (κ1) is 14.8. The molecule has 0 aromatic heterocycles. The molecular weight excluding hydrogens is 366 g/mol. The number of rotatable bonds is 1. The molecular formula is C17H13BrF2N2O. The minimum Gasteiger partial charge on any atom is -0.325 e. The van der Waals surface area contributed by atoms with Gasteiger partial charge in [0.2, 0.25) is 5.91 Å². The van der Waals surface area contributed by atoms with Crippen molar-refractivity contribution in [2.24, 2.45) is 0 Å². The third kappa shape index (κ3) is 2.05. The van der Waals surface area contributed by atoms with E-state index in [-0.39, 0.29) is 11.7 Å². The normalized spacial score (nSPS) is 25.7. The van der Waals surface area contributed by atoms with Gasteiger partial charge >= 0.3 is 0 Å². The SMILES string of the molecule is O=C1Nc2ccc(F)cc2[C@]12CCN[C@H]2c1cc(Br)ccc1F. The smallest absolute Gasteiger partial charge is 0.237 e. The number of hydrogen-bond donors (Lipinski definition) is 2. The first-order chi connectivity index (χ1) is 11.0. The number of benzene rings is 2. The Hall–Kier alpha value is -1.79. The minimum atomic E-state index is -0.987. The van der Waals surface area contributed by atoms with E-state index >= 15 is 0 Å². The Balaban J connectivity index is 1.92. The molecule has 6 heteroatoms. The van der Waals surface area contributed by atoms with Crippen molar-refractivity contribution in [1.29, 1.82) is 0 Å². The highest BCUT2D eigenvalue weighted by Gasteiger charge is 2.56. The Bertz CT molecular complexity index is 826. The first-order valence-electron chi connectivity index (χ1n) is 7.32. The number of anilines is 1. The van der Waals surface area contributed by atoms with Crippen LogP contribution in [0.25, 0.3) is 0 Å². The van der Waals surface area contributed by atoms with E-state index in [1.54, 1.807) is 18.2 Å². The molecule has 2 aliphatic heterocycles. The molecule has 2 aliphatic rings. The summed E-state index contributed by atoms with van der Waals surface area (Å²) in [5, 5.41) is 6.03. The number of amides is 1. The molecule has 1 fully saturated rings. The zero-order chi connectivity index (χ0) is 16.2. The van der Waals surface area contributed by atoms with Crippen LogP contribution in [-0.2, 0) is 10.2 Å². The molecule has 118 valence electrons. The Kier molecular flexibility index (Phi) is 3.28. The van der Waals surface area contributed by atoms with Crippen LogP contribution >= 0.6 is 15.9 Å². The van der Waals surface area contributed by atoms with E-state index in [1.165, 1.54) is 18.2 Å². The summed E-state index contributed by atoms with van der Waals surface area (Å²) in [4.78, 5) is 12.7. The molecule has 1 saturated heterocycles. The summed E-state index contributed by atoms with van der Waals surface area (Å²) < 4.78 is 28.9. The predicted octanol–water partition coefficient (Wildman–Crippen LogP) is 3.65. The Morgan fingerprint density at radius 2 is 2.00 bits per heavy atom. The van der Waals surface area contributed by atoms with E-state index in [1.807, 2.05) is 0 Å². The predicted molar refractivity (Wildman–Crippen MR) is 86.2 cm³/mol. The van der Waals surface area contributed by atoms with Crippen LogP contribution in [-0.4, -0.2) is 12.5 Å². The van der Waals surface area contributed by atoms with E-state index in [2.05, 4.69) is 26.6 Å². The summed E-state index contributed by atoms with van der Waals surface area (Å²) in [5.74, 6) is -1.00. The number of halogens is 3. The lowest BCUT2D eigenvalue weighted by Crippen LogP contribution is -2.40. The number of hydrogen-bond acceptors (Lipinski definition) is 2. The van der Waals surface area contributed by atoms with Gasteiger partial charge in [-0.05, 0) is 54.9 Å². The van der Waals surface area contributed by atoms with E-state index in [4.69, 9.17) is 0 Å². The van der Waals surface area contributed by atoms with Gasteiger partial charge in [-0.3, -0.25) is 4.79 Å². The average Bonchev–Trinajstić information content (AvgIpc) is 3.07. The molecule has 23 heavy (non-hydrogen) atoms. The minimum absolute atomic E-state index is 0.215. The van der Waals surface area contributed by atoms with Crippen LogP contribution in [0.1, 0.15) is 23.6 Å². The van der Waals surface area contributed by atoms with Gasteiger partial charge < -0.3 is 10.6 Å². The van der Waals surface area contributed by atoms with Crippen molar-refractivity contribution >= 4 is 27.5 Å². The summed E-state index contributed by atoms with van der Waals surface area (Å²) in [5.41, 5.74) is 0.612. The van der Waals surface area contributed by atoms with Crippen LogP contribution in [0.5, 0.6) is 0 Å². The summed E-state index contributed by atoms with van der Waals surface area (Å²) >= 11 is 3.34. The van der Waals surface area contributed by atoms with Crippen LogP contribution < -0.4 is 10.6 Å². The summed E-state index contributed by atoms with van der Waals surface area (Å²) in [7, 11) is 0. The molecule has 0 saturated carbocycles. The second kappa shape index (κ2) is 5.11. The lowest BCUT2D eigenvalue weighted by atomic mass is 9.72. The largest absolute Gasteiger partial charge is 0.325 e. The monoisotopic (exact) mass is 378 g/mol. The Morgan fingerprint density at radius 1 is 1.17 bits per heavy atom.